The van der Waals surface area contributed by atoms with Crippen LogP contribution in [0.15, 0.2) is 42.5 Å². The number of aliphatic hydroxyl groups is 1. The first-order chi connectivity index (χ1) is 11.0. The summed E-state index contributed by atoms with van der Waals surface area (Å²) in [6.45, 7) is 1.99. The molecule has 0 aliphatic heterocycles. The van der Waals surface area contributed by atoms with Crippen LogP contribution >= 0.6 is 0 Å². The minimum Gasteiger partial charge on any atom is -0.392 e. The molecule has 0 spiro atoms. The molecule has 0 radical (unpaired) electrons. The zero-order valence-corrected chi connectivity index (χ0v) is 13.4. The molecule has 1 nitrogen and oxygen atoms in total. The molecule has 0 bridgehead atoms. The van der Waals surface area contributed by atoms with Gasteiger partial charge in [-0.1, -0.05) is 49.1 Å². The number of hydrogen-bond donors (Lipinski definition) is 1. The Labute approximate surface area is 136 Å². The first-order valence-electron chi connectivity index (χ1n) is 8.25. The van der Waals surface area contributed by atoms with E-state index in [1.807, 2.05) is 31.2 Å². The lowest BCUT2D eigenvalue weighted by Crippen LogP contribution is -2.41. The minimum absolute atomic E-state index is 0.274. The lowest BCUT2D eigenvalue weighted by atomic mass is 9.67. The predicted octanol–water partition coefficient (Wildman–Crippen LogP) is 4.88. The fourth-order valence-corrected chi connectivity index (χ4v) is 3.83. The predicted molar refractivity (Wildman–Crippen MR) is 87.4 cm³/mol. The Balaban J connectivity index is 2.24. The average Bonchev–Trinajstić information content (AvgIpc) is 2.73. The molecule has 2 atom stereocenters. The molecule has 23 heavy (non-hydrogen) atoms. The maximum atomic E-state index is 14.6. The summed E-state index contributed by atoms with van der Waals surface area (Å²) in [5.41, 5.74) is 1.36. The summed E-state index contributed by atoms with van der Waals surface area (Å²) >= 11 is 0. The maximum absolute atomic E-state index is 14.6. The number of aryl methyl sites for hydroxylation is 1. The van der Waals surface area contributed by atoms with Crippen LogP contribution in [0.1, 0.15) is 48.8 Å². The zero-order valence-electron chi connectivity index (χ0n) is 13.4. The van der Waals surface area contributed by atoms with Crippen LogP contribution in [0.2, 0.25) is 0 Å². The normalized spacial score (nSPS) is 25.1. The Morgan fingerprint density at radius 3 is 2.48 bits per heavy atom. The molecule has 0 heterocycles. The molecule has 0 aromatic heterocycles. The van der Waals surface area contributed by atoms with Crippen molar-refractivity contribution in [3.05, 3.63) is 70.8 Å². The second kappa shape index (κ2) is 6.40. The summed E-state index contributed by atoms with van der Waals surface area (Å²) < 4.78 is 28.4. The Morgan fingerprint density at radius 1 is 1.00 bits per heavy atom. The van der Waals surface area contributed by atoms with Crippen molar-refractivity contribution in [1.29, 1.82) is 0 Å². The SMILES string of the molecule is Cc1ccc(C2(c3cc(F)ccc3F)CCCCCC2O)cc1. The van der Waals surface area contributed by atoms with E-state index in [0.717, 1.165) is 42.5 Å². The monoisotopic (exact) mass is 316 g/mol. The summed E-state index contributed by atoms with van der Waals surface area (Å²) in [6.07, 6.45) is 3.30. The van der Waals surface area contributed by atoms with Crippen molar-refractivity contribution in [2.45, 2.75) is 50.5 Å². The van der Waals surface area contributed by atoms with Gasteiger partial charge in [0.1, 0.15) is 11.6 Å². The Kier molecular flexibility index (Phi) is 4.49. The van der Waals surface area contributed by atoms with Gasteiger partial charge in [-0.05, 0) is 43.5 Å². The van der Waals surface area contributed by atoms with Gasteiger partial charge in [-0.3, -0.25) is 0 Å². The van der Waals surface area contributed by atoms with Crippen LogP contribution in [0.5, 0.6) is 0 Å². The van der Waals surface area contributed by atoms with E-state index >= 15 is 0 Å². The second-order valence-electron chi connectivity index (χ2n) is 6.58. The number of halogens is 2. The second-order valence-corrected chi connectivity index (χ2v) is 6.58. The Bertz CT molecular complexity index is 681. The van der Waals surface area contributed by atoms with Crippen LogP contribution in [0.4, 0.5) is 8.78 Å². The van der Waals surface area contributed by atoms with E-state index in [0.29, 0.717) is 12.8 Å². The van der Waals surface area contributed by atoms with Crippen LogP contribution in [0.3, 0.4) is 0 Å². The van der Waals surface area contributed by atoms with Gasteiger partial charge in [-0.2, -0.15) is 0 Å². The largest absolute Gasteiger partial charge is 0.392 e. The van der Waals surface area contributed by atoms with Crippen molar-refractivity contribution < 1.29 is 13.9 Å². The van der Waals surface area contributed by atoms with Gasteiger partial charge in [0.2, 0.25) is 0 Å². The van der Waals surface area contributed by atoms with E-state index in [2.05, 4.69) is 0 Å². The summed E-state index contributed by atoms with van der Waals surface area (Å²) in [5, 5.41) is 10.9. The molecule has 1 saturated carbocycles. The van der Waals surface area contributed by atoms with Gasteiger partial charge in [0, 0.05) is 11.0 Å². The quantitative estimate of drug-likeness (QED) is 0.783. The molecule has 1 aliphatic rings. The van der Waals surface area contributed by atoms with Crippen molar-refractivity contribution in [1.82, 2.24) is 0 Å². The lowest BCUT2D eigenvalue weighted by Gasteiger charge is -2.38. The van der Waals surface area contributed by atoms with Crippen molar-refractivity contribution in [3.8, 4) is 0 Å². The standard InChI is InChI=1S/C20H22F2O/c1-14-6-8-15(9-7-14)20(12-4-2-3-5-19(20)23)17-13-16(21)10-11-18(17)22/h6-11,13,19,23H,2-5,12H2,1H3. The minimum atomic E-state index is -0.879. The van der Waals surface area contributed by atoms with Crippen LogP contribution in [0.25, 0.3) is 0 Å². The van der Waals surface area contributed by atoms with Crippen LogP contribution in [0, 0.1) is 18.6 Å². The van der Waals surface area contributed by atoms with E-state index in [1.54, 1.807) is 0 Å². The van der Waals surface area contributed by atoms with Gasteiger partial charge in [-0.15, -0.1) is 0 Å². The third kappa shape index (κ3) is 2.90. The summed E-state index contributed by atoms with van der Waals surface area (Å²) in [5.74, 6) is -0.919. The molecule has 2 unspecified atom stereocenters. The number of aliphatic hydroxyl groups excluding tert-OH is 1. The first kappa shape index (κ1) is 16.1. The molecular weight excluding hydrogens is 294 g/mol. The average molecular weight is 316 g/mol. The van der Waals surface area contributed by atoms with Crippen molar-refractivity contribution in [2.75, 3.05) is 0 Å². The molecule has 1 aliphatic carbocycles. The fraction of sp³-hybridized carbons (Fsp3) is 0.400. The van der Waals surface area contributed by atoms with E-state index < -0.39 is 23.2 Å². The van der Waals surface area contributed by atoms with E-state index in [9.17, 15) is 13.9 Å². The molecule has 1 fully saturated rings. The van der Waals surface area contributed by atoms with Gasteiger partial charge in [0.05, 0.1) is 6.10 Å². The number of hydrogen-bond acceptors (Lipinski definition) is 1. The van der Waals surface area contributed by atoms with Crippen molar-refractivity contribution in [2.24, 2.45) is 0 Å². The Morgan fingerprint density at radius 2 is 1.74 bits per heavy atom. The highest BCUT2D eigenvalue weighted by molar-refractivity contribution is 5.43. The fourth-order valence-electron chi connectivity index (χ4n) is 3.83. The van der Waals surface area contributed by atoms with Gasteiger partial charge in [-0.25, -0.2) is 8.78 Å². The molecule has 3 heteroatoms. The van der Waals surface area contributed by atoms with E-state index in [1.165, 1.54) is 6.07 Å². The van der Waals surface area contributed by atoms with Gasteiger partial charge in [0.15, 0.2) is 0 Å². The molecule has 2 aromatic carbocycles. The molecule has 3 rings (SSSR count). The highest BCUT2D eigenvalue weighted by Crippen LogP contribution is 2.45. The van der Waals surface area contributed by atoms with Gasteiger partial charge < -0.3 is 5.11 Å². The van der Waals surface area contributed by atoms with Crippen LogP contribution in [-0.2, 0) is 5.41 Å². The van der Waals surface area contributed by atoms with Crippen LogP contribution in [-0.4, -0.2) is 11.2 Å². The summed E-state index contributed by atoms with van der Waals surface area (Å²) in [7, 11) is 0. The molecular formula is C20H22F2O. The molecule has 2 aromatic rings. The highest BCUT2D eigenvalue weighted by Gasteiger charge is 2.43. The highest BCUT2D eigenvalue weighted by atomic mass is 19.1. The van der Waals surface area contributed by atoms with Gasteiger partial charge in [0.25, 0.3) is 0 Å². The molecule has 0 saturated heterocycles. The van der Waals surface area contributed by atoms with Crippen LogP contribution < -0.4 is 0 Å². The molecule has 1 N–H and O–H groups in total. The first-order valence-corrected chi connectivity index (χ1v) is 8.25. The van der Waals surface area contributed by atoms with Crippen molar-refractivity contribution in [3.63, 3.8) is 0 Å². The maximum Gasteiger partial charge on any atom is 0.127 e. The Hall–Kier alpha value is -1.74. The molecule has 0 amide bonds. The smallest absolute Gasteiger partial charge is 0.127 e. The number of rotatable bonds is 2. The van der Waals surface area contributed by atoms with Crippen molar-refractivity contribution >= 4 is 0 Å². The van der Waals surface area contributed by atoms with E-state index in [-0.39, 0.29) is 5.56 Å². The van der Waals surface area contributed by atoms with Gasteiger partial charge >= 0.3 is 0 Å². The summed E-state index contributed by atoms with van der Waals surface area (Å²) in [6, 6.07) is 11.4. The third-order valence-corrected chi connectivity index (χ3v) is 5.09. The molecule has 122 valence electrons. The number of benzene rings is 2. The topological polar surface area (TPSA) is 20.2 Å². The lowest BCUT2D eigenvalue weighted by molar-refractivity contribution is 0.0924. The van der Waals surface area contributed by atoms with E-state index in [4.69, 9.17) is 0 Å². The summed E-state index contributed by atoms with van der Waals surface area (Å²) in [4.78, 5) is 0. The zero-order chi connectivity index (χ0) is 16.4. The third-order valence-electron chi connectivity index (χ3n) is 5.09.